The van der Waals surface area contributed by atoms with Crippen molar-refractivity contribution in [3.63, 3.8) is 0 Å². The van der Waals surface area contributed by atoms with Crippen molar-refractivity contribution in [2.45, 2.75) is 19.9 Å². The minimum absolute atomic E-state index is 0.129. The van der Waals surface area contributed by atoms with Crippen LogP contribution in [0.25, 0.3) is 0 Å². The Labute approximate surface area is 100 Å². The number of carbonyl (C=O) groups is 2. The molecule has 0 aromatic heterocycles. The predicted molar refractivity (Wildman–Crippen MR) is 66.4 cm³/mol. The second-order valence-electron chi connectivity index (χ2n) is 3.70. The van der Waals surface area contributed by atoms with E-state index in [1.54, 1.807) is 24.3 Å². The van der Waals surface area contributed by atoms with Crippen LogP contribution in [0.2, 0.25) is 0 Å². The molecule has 1 aromatic carbocycles. The van der Waals surface area contributed by atoms with Crippen molar-refractivity contribution in [3.05, 3.63) is 29.8 Å². The summed E-state index contributed by atoms with van der Waals surface area (Å²) < 4.78 is 0. The third-order valence-corrected chi connectivity index (χ3v) is 2.26. The van der Waals surface area contributed by atoms with Crippen molar-refractivity contribution in [3.8, 4) is 0 Å². The molecule has 1 rings (SSSR count). The van der Waals surface area contributed by atoms with Gasteiger partial charge >= 0.3 is 0 Å². The van der Waals surface area contributed by atoms with Gasteiger partial charge in [0, 0.05) is 12.6 Å². The molecular weight excluding hydrogens is 218 g/mol. The molecule has 5 heteroatoms. The van der Waals surface area contributed by atoms with Crippen LogP contribution >= 0.6 is 0 Å². The van der Waals surface area contributed by atoms with Crippen molar-refractivity contribution in [1.82, 2.24) is 5.32 Å². The van der Waals surface area contributed by atoms with Crippen molar-refractivity contribution in [2.24, 2.45) is 5.73 Å². The number of primary amides is 1. The molecule has 17 heavy (non-hydrogen) atoms. The van der Waals surface area contributed by atoms with E-state index in [0.29, 0.717) is 12.2 Å². The summed E-state index contributed by atoms with van der Waals surface area (Å²) in [4.78, 5) is 22.1. The maximum absolute atomic E-state index is 11.2. The Bertz CT molecular complexity index is 401. The molecule has 1 atom stereocenters. The van der Waals surface area contributed by atoms with E-state index in [2.05, 4.69) is 10.6 Å². The van der Waals surface area contributed by atoms with Gasteiger partial charge < -0.3 is 16.4 Å². The molecule has 0 fully saturated rings. The van der Waals surface area contributed by atoms with Crippen LogP contribution in [0.4, 0.5) is 5.69 Å². The second-order valence-corrected chi connectivity index (χ2v) is 3.70. The van der Waals surface area contributed by atoms with Gasteiger partial charge in [0.25, 0.3) is 0 Å². The van der Waals surface area contributed by atoms with Gasteiger partial charge in [-0.1, -0.05) is 19.1 Å². The largest absolute Gasteiger partial charge is 0.368 e. The lowest BCUT2D eigenvalue weighted by Crippen LogP contribution is -2.33. The molecule has 0 aliphatic rings. The summed E-state index contributed by atoms with van der Waals surface area (Å²) in [5, 5.41) is 5.65. The topological polar surface area (TPSA) is 84.2 Å². The van der Waals surface area contributed by atoms with Crippen LogP contribution in [-0.2, 0) is 9.59 Å². The van der Waals surface area contributed by atoms with Gasteiger partial charge in [-0.2, -0.15) is 0 Å². The smallest absolute Gasteiger partial charge is 0.239 e. The van der Waals surface area contributed by atoms with Gasteiger partial charge in [-0.25, -0.2) is 0 Å². The first-order valence-electron chi connectivity index (χ1n) is 5.44. The zero-order chi connectivity index (χ0) is 12.8. The summed E-state index contributed by atoms with van der Waals surface area (Å²) in [6.45, 7) is 4.00. The van der Waals surface area contributed by atoms with Crippen LogP contribution < -0.4 is 16.4 Å². The van der Waals surface area contributed by atoms with E-state index in [1.165, 1.54) is 6.92 Å². The Morgan fingerprint density at radius 3 is 2.29 bits per heavy atom. The average molecular weight is 235 g/mol. The number of likely N-dealkylation sites (N-methyl/N-ethyl adjacent to an activating group) is 1. The Kier molecular flexibility index (Phi) is 4.66. The Morgan fingerprint density at radius 2 is 1.88 bits per heavy atom. The zero-order valence-corrected chi connectivity index (χ0v) is 9.99. The first-order chi connectivity index (χ1) is 8.04. The molecule has 0 saturated heterocycles. The summed E-state index contributed by atoms with van der Waals surface area (Å²) in [6.07, 6.45) is 0. The first kappa shape index (κ1) is 13.2. The maximum atomic E-state index is 11.2. The van der Waals surface area contributed by atoms with Gasteiger partial charge in [-0.15, -0.1) is 0 Å². The molecule has 0 radical (unpaired) electrons. The molecule has 4 N–H and O–H groups in total. The molecule has 0 saturated carbocycles. The third kappa shape index (κ3) is 3.88. The minimum Gasteiger partial charge on any atom is -0.368 e. The average Bonchev–Trinajstić information content (AvgIpc) is 2.26. The van der Waals surface area contributed by atoms with Crippen LogP contribution in [0.3, 0.4) is 0 Å². The molecule has 0 spiro atoms. The number of rotatable bonds is 5. The summed E-state index contributed by atoms with van der Waals surface area (Å²) in [6, 6.07) is 6.52. The lowest BCUT2D eigenvalue weighted by Gasteiger charge is -2.14. The highest BCUT2D eigenvalue weighted by Crippen LogP contribution is 2.16. The van der Waals surface area contributed by atoms with E-state index < -0.39 is 11.9 Å². The fourth-order valence-electron chi connectivity index (χ4n) is 1.55. The molecule has 0 aliphatic heterocycles. The van der Waals surface area contributed by atoms with E-state index in [0.717, 1.165) is 5.56 Å². The van der Waals surface area contributed by atoms with Crippen molar-refractivity contribution >= 4 is 17.5 Å². The standard InChI is InChI=1S/C12H17N3O2/c1-3-14-11(12(13)17)9-4-6-10(7-5-9)15-8(2)16/h4-7,11,14H,3H2,1-2H3,(H2,13,17)(H,15,16). The normalized spacial score (nSPS) is 11.9. The van der Waals surface area contributed by atoms with Crippen LogP contribution in [0.5, 0.6) is 0 Å². The van der Waals surface area contributed by atoms with E-state index in [9.17, 15) is 9.59 Å². The number of carbonyl (C=O) groups excluding carboxylic acids is 2. The van der Waals surface area contributed by atoms with Crippen LogP contribution in [0.1, 0.15) is 25.5 Å². The molecule has 1 aromatic rings. The molecule has 0 heterocycles. The molecule has 2 amide bonds. The van der Waals surface area contributed by atoms with Gasteiger partial charge in [-0.3, -0.25) is 9.59 Å². The number of hydrogen-bond donors (Lipinski definition) is 3. The SMILES string of the molecule is CCNC(C(N)=O)c1ccc(NC(C)=O)cc1. The molecule has 5 nitrogen and oxygen atoms in total. The first-order valence-corrected chi connectivity index (χ1v) is 5.44. The fourth-order valence-corrected chi connectivity index (χ4v) is 1.55. The fraction of sp³-hybridized carbons (Fsp3) is 0.333. The highest BCUT2D eigenvalue weighted by Gasteiger charge is 2.15. The summed E-state index contributed by atoms with van der Waals surface area (Å²) in [5.41, 5.74) is 6.78. The Balaban J connectivity index is 2.84. The summed E-state index contributed by atoms with van der Waals surface area (Å²) in [5.74, 6) is -0.546. The number of anilines is 1. The highest BCUT2D eigenvalue weighted by molar-refractivity contribution is 5.88. The third-order valence-electron chi connectivity index (χ3n) is 2.26. The monoisotopic (exact) mass is 235 g/mol. The van der Waals surface area contributed by atoms with Crippen LogP contribution in [-0.4, -0.2) is 18.4 Å². The van der Waals surface area contributed by atoms with Crippen molar-refractivity contribution < 1.29 is 9.59 Å². The molecule has 1 unspecified atom stereocenters. The Morgan fingerprint density at radius 1 is 1.29 bits per heavy atom. The molecule has 0 bridgehead atoms. The zero-order valence-electron chi connectivity index (χ0n) is 9.99. The molecule has 92 valence electrons. The van der Waals surface area contributed by atoms with Crippen LogP contribution in [0, 0.1) is 0 Å². The van der Waals surface area contributed by atoms with Gasteiger partial charge in [0.1, 0.15) is 6.04 Å². The summed E-state index contributed by atoms with van der Waals surface area (Å²) >= 11 is 0. The summed E-state index contributed by atoms with van der Waals surface area (Å²) in [7, 11) is 0. The van der Waals surface area contributed by atoms with Gasteiger partial charge in [0.15, 0.2) is 0 Å². The molecular formula is C12H17N3O2. The van der Waals surface area contributed by atoms with E-state index in [-0.39, 0.29) is 5.91 Å². The van der Waals surface area contributed by atoms with Crippen molar-refractivity contribution in [1.29, 1.82) is 0 Å². The number of benzene rings is 1. The second kappa shape index (κ2) is 6.00. The molecule has 0 aliphatic carbocycles. The number of nitrogens with two attached hydrogens (primary N) is 1. The lowest BCUT2D eigenvalue weighted by molar-refractivity contribution is -0.120. The van der Waals surface area contributed by atoms with Crippen molar-refractivity contribution in [2.75, 3.05) is 11.9 Å². The van der Waals surface area contributed by atoms with Gasteiger partial charge in [0.05, 0.1) is 0 Å². The number of amides is 2. The number of nitrogens with one attached hydrogen (secondary N) is 2. The van der Waals surface area contributed by atoms with Gasteiger partial charge in [0.2, 0.25) is 11.8 Å². The quantitative estimate of drug-likeness (QED) is 0.705. The number of hydrogen-bond acceptors (Lipinski definition) is 3. The van der Waals surface area contributed by atoms with E-state index >= 15 is 0 Å². The van der Waals surface area contributed by atoms with E-state index in [1.807, 2.05) is 6.92 Å². The predicted octanol–water partition coefficient (Wildman–Crippen LogP) is 0.781. The highest BCUT2D eigenvalue weighted by atomic mass is 16.1. The van der Waals surface area contributed by atoms with Gasteiger partial charge in [-0.05, 0) is 24.2 Å². The lowest BCUT2D eigenvalue weighted by atomic mass is 10.1. The van der Waals surface area contributed by atoms with E-state index in [4.69, 9.17) is 5.73 Å². The minimum atomic E-state index is -0.494. The maximum Gasteiger partial charge on any atom is 0.239 e. The van der Waals surface area contributed by atoms with Crippen LogP contribution in [0.15, 0.2) is 24.3 Å². The Hall–Kier alpha value is -1.88.